The van der Waals surface area contributed by atoms with Crippen molar-refractivity contribution in [2.45, 2.75) is 44.6 Å². The lowest BCUT2D eigenvalue weighted by atomic mass is 9.71. The number of hydrogen-bond acceptors (Lipinski definition) is 3. The van der Waals surface area contributed by atoms with Gasteiger partial charge in [-0.25, -0.2) is 0 Å². The third-order valence-corrected chi connectivity index (χ3v) is 7.27. The fourth-order valence-electron chi connectivity index (χ4n) is 5.58. The first kappa shape index (κ1) is 18.7. The first-order valence-corrected chi connectivity index (χ1v) is 10.9. The molecule has 6 heteroatoms. The minimum atomic E-state index is -0.164. The highest BCUT2D eigenvalue weighted by atomic mass is 16.5. The Morgan fingerprint density at radius 2 is 1.93 bits per heavy atom. The molecule has 1 aromatic carbocycles. The lowest BCUT2D eigenvalue weighted by Crippen LogP contribution is -2.46. The van der Waals surface area contributed by atoms with Gasteiger partial charge in [0.15, 0.2) is 0 Å². The van der Waals surface area contributed by atoms with Crippen molar-refractivity contribution in [2.75, 3.05) is 26.3 Å². The third kappa shape index (κ3) is 3.33. The number of rotatable bonds is 3. The zero-order valence-corrected chi connectivity index (χ0v) is 16.8. The van der Waals surface area contributed by atoms with Gasteiger partial charge in [-0.15, -0.1) is 0 Å². The number of aromatic amines is 1. The van der Waals surface area contributed by atoms with E-state index < -0.39 is 0 Å². The topological polar surface area (TPSA) is 74.4 Å². The van der Waals surface area contributed by atoms with Gasteiger partial charge in [0.25, 0.3) is 5.91 Å². The van der Waals surface area contributed by atoms with Gasteiger partial charge in [0, 0.05) is 60.4 Å². The predicted molar refractivity (Wildman–Crippen MR) is 111 cm³/mol. The van der Waals surface area contributed by atoms with Crippen LogP contribution in [0.3, 0.4) is 0 Å². The number of carbonyl (C=O) groups excluding carboxylic acids is 2. The maximum absolute atomic E-state index is 13.4. The SMILES string of the molecule is O=C(NC1CCCC1)C1CN(C(=O)c2cccc3[nH]ccc23)CC12CCOCC2. The van der Waals surface area contributed by atoms with Crippen LogP contribution in [0.25, 0.3) is 10.9 Å². The van der Waals surface area contributed by atoms with Crippen LogP contribution in [0.15, 0.2) is 30.5 Å². The van der Waals surface area contributed by atoms with E-state index in [9.17, 15) is 9.59 Å². The summed E-state index contributed by atoms with van der Waals surface area (Å²) in [6.45, 7) is 2.47. The van der Waals surface area contributed by atoms with Crippen molar-refractivity contribution in [3.63, 3.8) is 0 Å². The Bertz CT molecular complexity index is 909. The van der Waals surface area contributed by atoms with Crippen LogP contribution in [0, 0.1) is 11.3 Å². The Morgan fingerprint density at radius 3 is 2.72 bits per heavy atom. The summed E-state index contributed by atoms with van der Waals surface area (Å²) in [5, 5.41) is 4.24. The summed E-state index contributed by atoms with van der Waals surface area (Å²) in [5.41, 5.74) is 1.51. The van der Waals surface area contributed by atoms with E-state index in [1.54, 1.807) is 0 Å². The van der Waals surface area contributed by atoms with Gasteiger partial charge in [-0.2, -0.15) is 0 Å². The molecule has 3 heterocycles. The second-order valence-corrected chi connectivity index (χ2v) is 8.95. The van der Waals surface area contributed by atoms with Crippen molar-refractivity contribution in [1.29, 1.82) is 0 Å². The first-order chi connectivity index (χ1) is 14.2. The number of likely N-dealkylation sites (tertiary alicyclic amines) is 1. The maximum Gasteiger partial charge on any atom is 0.254 e. The first-order valence-electron chi connectivity index (χ1n) is 10.9. The van der Waals surface area contributed by atoms with Crippen LogP contribution >= 0.6 is 0 Å². The zero-order chi connectivity index (χ0) is 19.8. The molecule has 1 spiro atoms. The molecule has 3 aliphatic rings. The van der Waals surface area contributed by atoms with Crippen LogP contribution in [0.4, 0.5) is 0 Å². The molecule has 29 heavy (non-hydrogen) atoms. The van der Waals surface area contributed by atoms with Crippen LogP contribution in [0.5, 0.6) is 0 Å². The molecular formula is C23H29N3O3. The summed E-state index contributed by atoms with van der Waals surface area (Å²) < 4.78 is 5.61. The number of H-pyrrole nitrogens is 1. The number of benzene rings is 1. The normalized spacial score (nSPS) is 24.4. The molecule has 2 saturated heterocycles. The molecule has 2 aliphatic heterocycles. The van der Waals surface area contributed by atoms with E-state index in [4.69, 9.17) is 4.74 Å². The molecule has 5 rings (SSSR count). The molecule has 0 bridgehead atoms. The molecule has 1 unspecified atom stereocenters. The predicted octanol–water partition coefficient (Wildman–Crippen LogP) is 3.10. The van der Waals surface area contributed by atoms with E-state index in [0.717, 1.165) is 36.6 Å². The fourth-order valence-corrected chi connectivity index (χ4v) is 5.58. The smallest absolute Gasteiger partial charge is 0.254 e. The molecular weight excluding hydrogens is 366 g/mol. The van der Waals surface area contributed by atoms with Gasteiger partial charge >= 0.3 is 0 Å². The summed E-state index contributed by atoms with van der Waals surface area (Å²) in [6.07, 6.45) is 8.09. The van der Waals surface area contributed by atoms with Gasteiger partial charge in [-0.3, -0.25) is 9.59 Å². The monoisotopic (exact) mass is 395 g/mol. The van der Waals surface area contributed by atoms with Gasteiger partial charge in [-0.05, 0) is 43.9 Å². The van der Waals surface area contributed by atoms with Crippen LogP contribution in [0.1, 0.15) is 48.9 Å². The van der Waals surface area contributed by atoms with E-state index in [-0.39, 0.29) is 23.1 Å². The Labute approximate surface area is 171 Å². The third-order valence-electron chi connectivity index (χ3n) is 7.27. The molecule has 0 radical (unpaired) electrons. The zero-order valence-electron chi connectivity index (χ0n) is 16.8. The van der Waals surface area contributed by atoms with Gasteiger partial charge in [0.1, 0.15) is 0 Å². The molecule has 2 aromatic rings. The molecule has 1 saturated carbocycles. The lowest BCUT2D eigenvalue weighted by molar-refractivity contribution is -0.130. The second-order valence-electron chi connectivity index (χ2n) is 8.95. The Hall–Kier alpha value is -2.34. The summed E-state index contributed by atoms with van der Waals surface area (Å²) in [5.74, 6) is 0.00700. The highest BCUT2D eigenvalue weighted by Gasteiger charge is 2.52. The van der Waals surface area contributed by atoms with Crippen LogP contribution in [-0.4, -0.2) is 54.0 Å². The number of hydrogen-bond donors (Lipinski definition) is 2. The van der Waals surface area contributed by atoms with E-state index >= 15 is 0 Å². The number of amides is 2. The van der Waals surface area contributed by atoms with Crippen LogP contribution in [0.2, 0.25) is 0 Å². The number of nitrogens with zero attached hydrogens (tertiary/aromatic N) is 1. The minimum absolute atomic E-state index is 0.0252. The largest absolute Gasteiger partial charge is 0.381 e. The van der Waals surface area contributed by atoms with Gasteiger partial charge in [0.05, 0.1) is 5.92 Å². The summed E-state index contributed by atoms with van der Waals surface area (Å²) >= 11 is 0. The highest BCUT2D eigenvalue weighted by molar-refractivity contribution is 6.06. The van der Waals surface area contributed by atoms with Crippen molar-refractivity contribution in [2.24, 2.45) is 11.3 Å². The Balaban J connectivity index is 1.40. The molecule has 3 fully saturated rings. The number of aromatic nitrogens is 1. The van der Waals surface area contributed by atoms with Crippen molar-refractivity contribution in [3.05, 3.63) is 36.0 Å². The summed E-state index contributed by atoms with van der Waals surface area (Å²) in [6, 6.07) is 8.04. The summed E-state index contributed by atoms with van der Waals surface area (Å²) in [4.78, 5) is 31.8. The minimum Gasteiger partial charge on any atom is -0.381 e. The molecule has 2 amide bonds. The van der Waals surface area contributed by atoms with Gasteiger partial charge < -0.3 is 19.9 Å². The van der Waals surface area contributed by atoms with Crippen molar-refractivity contribution < 1.29 is 14.3 Å². The highest BCUT2D eigenvalue weighted by Crippen LogP contribution is 2.45. The number of carbonyl (C=O) groups is 2. The quantitative estimate of drug-likeness (QED) is 0.839. The Kier molecular flexibility index (Phi) is 4.82. The molecule has 1 atom stereocenters. The van der Waals surface area contributed by atoms with E-state index in [2.05, 4.69) is 10.3 Å². The second kappa shape index (κ2) is 7.48. The standard InChI is InChI=1S/C23H29N3O3/c27-21(25-16-4-1-2-5-16)19-14-26(15-23(19)9-12-29-13-10-23)22(28)18-6-3-7-20-17(18)8-11-24-20/h3,6-8,11,16,19,24H,1-2,4-5,9-10,12-15H2,(H,25,27). The number of fused-ring (bicyclic) bond motifs is 1. The van der Waals surface area contributed by atoms with Crippen LogP contribution in [-0.2, 0) is 9.53 Å². The van der Waals surface area contributed by atoms with Crippen molar-refractivity contribution in [3.8, 4) is 0 Å². The molecule has 154 valence electrons. The van der Waals surface area contributed by atoms with E-state index in [1.165, 1.54) is 12.8 Å². The molecule has 2 N–H and O–H groups in total. The summed E-state index contributed by atoms with van der Waals surface area (Å²) in [7, 11) is 0. The van der Waals surface area contributed by atoms with Crippen LogP contribution < -0.4 is 5.32 Å². The number of nitrogens with one attached hydrogen (secondary N) is 2. The van der Waals surface area contributed by atoms with Crippen molar-refractivity contribution >= 4 is 22.7 Å². The molecule has 6 nitrogen and oxygen atoms in total. The molecule has 1 aliphatic carbocycles. The van der Waals surface area contributed by atoms with E-state index in [0.29, 0.717) is 37.9 Å². The van der Waals surface area contributed by atoms with Gasteiger partial charge in [0.2, 0.25) is 5.91 Å². The maximum atomic E-state index is 13.4. The number of ether oxygens (including phenoxy) is 1. The average molecular weight is 396 g/mol. The van der Waals surface area contributed by atoms with Gasteiger partial charge in [-0.1, -0.05) is 18.9 Å². The van der Waals surface area contributed by atoms with E-state index in [1.807, 2.05) is 35.4 Å². The lowest BCUT2D eigenvalue weighted by Gasteiger charge is -2.37. The Morgan fingerprint density at radius 1 is 1.14 bits per heavy atom. The van der Waals surface area contributed by atoms with Crippen molar-refractivity contribution in [1.82, 2.24) is 15.2 Å². The molecule has 1 aromatic heterocycles. The average Bonchev–Trinajstić information content (AvgIpc) is 3.48. The fraction of sp³-hybridized carbons (Fsp3) is 0.565.